The second-order valence-electron chi connectivity index (χ2n) is 7.06. The van der Waals surface area contributed by atoms with Crippen LogP contribution in [-0.4, -0.2) is 23.2 Å². The molecule has 2 rings (SSSR count). The number of carbonyl (C=O) groups is 2. The number of hydrazone groups is 2. The molecule has 0 fully saturated rings. The normalized spacial score (nSPS) is 11.9. The van der Waals surface area contributed by atoms with Crippen LogP contribution in [0.1, 0.15) is 55.4 Å². The van der Waals surface area contributed by atoms with Gasteiger partial charge >= 0.3 is 0 Å². The Morgan fingerprint density at radius 3 is 1.55 bits per heavy atom. The number of benzene rings is 2. The predicted octanol–water partition coefficient (Wildman–Crippen LogP) is 3.85. The molecule has 0 radical (unpaired) electrons. The molecular weight excluding hydrogens is 364 g/mol. The second kappa shape index (κ2) is 10.9. The standard InChI is InChI=1S/C23H28N4O2/c1-16-8-5-10-20(14-16)18(3)24-26-22(28)12-7-13-23(29)27-25-19(4)21-11-6-9-17(2)15-21/h5-6,8-11,14-15H,7,12-13H2,1-4H3,(H,26,28)(H,27,29)/b24-18+,25-19+. The third kappa shape index (κ3) is 7.70. The zero-order chi connectivity index (χ0) is 21.2. The molecule has 2 amide bonds. The van der Waals surface area contributed by atoms with E-state index in [1.54, 1.807) is 0 Å². The second-order valence-corrected chi connectivity index (χ2v) is 7.06. The summed E-state index contributed by atoms with van der Waals surface area (Å²) in [6, 6.07) is 15.8. The SMILES string of the molecule is C/C(=N\NC(=O)CCCC(=O)N/N=C(\C)c1cccc(C)c1)c1cccc(C)c1. The summed E-state index contributed by atoms with van der Waals surface area (Å²) in [7, 11) is 0. The van der Waals surface area contributed by atoms with Gasteiger partial charge in [0.1, 0.15) is 0 Å². The lowest BCUT2D eigenvalue weighted by atomic mass is 10.1. The Kier molecular flexibility index (Phi) is 8.27. The third-order valence-electron chi connectivity index (χ3n) is 4.38. The van der Waals surface area contributed by atoms with Gasteiger partial charge in [0, 0.05) is 12.8 Å². The van der Waals surface area contributed by atoms with Crippen LogP contribution in [0.25, 0.3) is 0 Å². The molecule has 0 saturated heterocycles. The Balaban J connectivity index is 1.73. The van der Waals surface area contributed by atoms with Gasteiger partial charge in [0.15, 0.2) is 0 Å². The summed E-state index contributed by atoms with van der Waals surface area (Å²) >= 11 is 0. The van der Waals surface area contributed by atoms with E-state index in [1.165, 1.54) is 0 Å². The highest BCUT2D eigenvalue weighted by Crippen LogP contribution is 2.06. The largest absolute Gasteiger partial charge is 0.273 e. The minimum atomic E-state index is -0.218. The third-order valence-corrected chi connectivity index (χ3v) is 4.38. The number of aryl methyl sites for hydroxylation is 2. The van der Waals surface area contributed by atoms with Gasteiger partial charge in [-0.05, 0) is 45.2 Å². The summed E-state index contributed by atoms with van der Waals surface area (Å²) in [5.41, 5.74) is 10.8. The van der Waals surface area contributed by atoms with Crippen molar-refractivity contribution in [1.82, 2.24) is 10.9 Å². The lowest BCUT2D eigenvalue weighted by Gasteiger charge is -2.05. The number of carbonyl (C=O) groups excluding carboxylic acids is 2. The summed E-state index contributed by atoms with van der Waals surface area (Å²) in [6.45, 7) is 7.70. The molecule has 0 atom stereocenters. The molecule has 2 aromatic carbocycles. The van der Waals surface area contributed by atoms with Gasteiger partial charge in [0.05, 0.1) is 11.4 Å². The lowest BCUT2D eigenvalue weighted by Crippen LogP contribution is -2.21. The summed E-state index contributed by atoms with van der Waals surface area (Å²) in [4.78, 5) is 23.9. The van der Waals surface area contributed by atoms with E-state index < -0.39 is 0 Å². The molecule has 6 nitrogen and oxygen atoms in total. The van der Waals surface area contributed by atoms with E-state index in [0.717, 1.165) is 33.7 Å². The van der Waals surface area contributed by atoms with E-state index in [0.29, 0.717) is 6.42 Å². The molecule has 0 unspecified atom stereocenters. The van der Waals surface area contributed by atoms with Crippen LogP contribution in [0.3, 0.4) is 0 Å². The minimum Gasteiger partial charge on any atom is -0.273 e. The average molecular weight is 393 g/mol. The molecule has 0 heterocycles. The zero-order valence-corrected chi connectivity index (χ0v) is 17.5. The van der Waals surface area contributed by atoms with E-state index >= 15 is 0 Å². The van der Waals surface area contributed by atoms with Gasteiger partial charge in [-0.3, -0.25) is 9.59 Å². The van der Waals surface area contributed by atoms with Gasteiger partial charge in [-0.1, -0.05) is 59.7 Å². The molecule has 0 aliphatic carbocycles. The van der Waals surface area contributed by atoms with Crippen molar-refractivity contribution in [1.29, 1.82) is 0 Å². The first-order valence-corrected chi connectivity index (χ1v) is 9.65. The van der Waals surface area contributed by atoms with Crippen LogP contribution in [-0.2, 0) is 9.59 Å². The van der Waals surface area contributed by atoms with Crippen LogP contribution >= 0.6 is 0 Å². The van der Waals surface area contributed by atoms with Gasteiger partial charge in [-0.25, -0.2) is 10.9 Å². The number of rotatable bonds is 8. The molecule has 0 saturated carbocycles. The average Bonchev–Trinajstić information content (AvgIpc) is 2.70. The first kappa shape index (κ1) is 22.0. The highest BCUT2D eigenvalue weighted by atomic mass is 16.2. The number of hydrogen-bond acceptors (Lipinski definition) is 4. The molecule has 152 valence electrons. The summed E-state index contributed by atoms with van der Waals surface area (Å²) < 4.78 is 0. The lowest BCUT2D eigenvalue weighted by molar-refractivity contribution is -0.122. The monoisotopic (exact) mass is 392 g/mol. The Hall–Kier alpha value is -3.28. The molecular formula is C23H28N4O2. The van der Waals surface area contributed by atoms with Gasteiger partial charge in [-0.2, -0.15) is 10.2 Å². The number of amides is 2. The Labute approximate surface area is 172 Å². The zero-order valence-electron chi connectivity index (χ0n) is 17.5. The topological polar surface area (TPSA) is 82.9 Å². The predicted molar refractivity (Wildman–Crippen MR) is 117 cm³/mol. The van der Waals surface area contributed by atoms with Crippen molar-refractivity contribution in [2.24, 2.45) is 10.2 Å². The molecule has 6 heteroatoms. The van der Waals surface area contributed by atoms with Crippen LogP contribution in [0.15, 0.2) is 58.7 Å². The quantitative estimate of drug-likeness (QED) is 0.528. The van der Waals surface area contributed by atoms with Crippen LogP contribution in [0.5, 0.6) is 0 Å². The van der Waals surface area contributed by atoms with Gasteiger partial charge in [-0.15, -0.1) is 0 Å². The van der Waals surface area contributed by atoms with Crippen molar-refractivity contribution in [3.05, 3.63) is 70.8 Å². The maximum Gasteiger partial charge on any atom is 0.240 e. The van der Waals surface area contributed by atoms with Crippen molar-refractivity contribution in [2.75, 3.05) is 0 Å². The number of hydrogen-bond donors (Lipinski definition) is 2. The van der Waals surface area contributed by atoms with Crippen LogP contribution in [0, 0.1) is 13.8 Å². The number of nitrogens with one attached hydrogen (secondary N) is 2. The fraction of sp³-hybridized carbons (Fsp3) is 0.304. The molecule has 2 N–H and O–H groups in total. The molecule has 0 aliphatic rings. The van der Waals surface area contributed by atoms with Crippen LogP contribution < -0.4 is 10.9 Å². The number of nitrogens with zero attached hydrogens (tertiary/aromatic N) is 2. The van der Waals surface area contributed by atoms with Crippen molar-refractivity contribution in [3.8, 4) is 0 Å². The first-order valence-electron chi connectivity index (χ1n) is 9.65. The maximum absolute atomic E-state index is 11.9. The van der Waals surface area contributed by atoms with E-state index in [-0.39, 0.29) is 24.7 Å². The van der Waals surface area contributed by atoms with Gasteiger partial charge in [0.25, 0.3) is 0 Å². The van der Waals surface area contributed by atoms with Crippen LogP contribution in [0.2, 0.25) is 0 Å². The van der Waals surface area contributed by atoms with E-state index in [9.17, 15) is 9.59 Å². The fourth-order valence-electron chi connectivity index (χ4n) is 2.68. The van der Waals surface area contributed by atoms with Crippen LogP contribution in [0.4, 0.5) is 0 Å². The molecule has 0 aliphatic heterocycles. The highest BCUT2D eigenvalue weighted by molar-refractivity contribution is 6.00. The molecule has 2 aromatic rings. The summed E-state index contributed by atoms with van der Waals surface area (Å²) in [5, 5.41) is 8.26. The molecule has 0 bridgehead atoms. The van der Waals surface area contributed by atoms with Gasteiger partial charge < -0.3 is 0 Å². The summed E-state index contributed by atoms with van der Waals surface area (Å²) in [5.74, 6) is -0.437. The molecule has 29 heavy (non-hydrogen) atoms. The van der Waals surface area contributed by atoms with Crippen molar-refractivity contribution < 1.29 is 9.59 Å². The van der Waals surface area contributed by atoms with Crippen molar-refractivity contribution >= 4 is 23.2 Å². The van der Waals surface area contributed by atoms with E-state index in [4.69, 9.17) is 0 Å². The molecule has 0 spiro atoms. The van der Waals surface area contributed by atoms with E-state index in [1.807, 2.05) is 76.2 Å². The minimum absolute atomic E-state index is 0.218. The highest BCUT2D eigenvalue weighted by Gasteiger charge is 2.06. The van der Waals surface area contributed by atoms with Crippen molar-refractivity contribution in [2.45, 2.75) is 47.0 Å². The Morgan fingerprint density at radius 2 is 1.17 bits per heavy atom. The first-order chi connectivity index (χ1) is 13.8. The Morgan fingerprint density at radius 1 is 0.759 bits per heavy atom. The van der Waals surface area contributed by atoms with E-state index in [2.05, 4.69) is 21.1 Å². The maximum atomic E-state index is 11.9. The van der Waals surface area contributed by atoms with Gasteiger partial charge in [0.2, 0.25) is 11.8 Å². The van der Waals surface area contributed by atoms with Crippen molar-refractivity contribution in [3.63, 3.8) is 0 Å². The molecule has 0 aromatic heterocycles. The Bertz CT molecular complexity index is 856. The smallest absolute Gasteiger partial charge is 0.240 e. The summed E-state index contributed by atoms with van der Waals surface area (Å²) in [6.07, 6.45) is 0.868. The fourth-order valence-corrected chi connectivity index (χ4v) is 2.68.